The molecule has 0 aliphatic heterocycles. The van der Waals surface area contributed by atoms with E-state index < -0.39 is 5.97 Å². The largest absolute Gasteiger partial charge is 0.478 e. The summed E-state index contributed by atoms with van der Waals surface area (Å²) >= 11 is 5.79. The van der Waals surface area contributed by atoms with Gasteiger partial charge in [0.1, 0.15) is 11.3 Å². The lowest BCUT2D eigenvalue weighted by molar-refractivity contribution is 0.0694. The lowest BCUT2D eigenvalue weighted by atomic mass is 10.2. The number of carbonyl (C=O) groups is 1. The minimum Gasteiger partial charge on any atom is -0.478 e. The van der Waals surface area contributed by atoms with Crippen LogP contribution >= 0.6 is 11.6 Å². The van der Waals surface area contributed by atoms with Crippen molar-refractivity contribution in [3.8, 4) is 11.6 Å². The van der Waals surface area contributed by atoms with E-state index in [0.29, 0.717) is 10.9 Å². The summed E-state index contributed by atoms with van der Waals surface area (Å²) in [6.45, 7) is 1.82. The van der Waals surface area contributed by atoms with Crippen molar-refractivity contribution in [2.24, 2.45) is 0 Å². The first-order valence-corrected chi connectivity index (χ1v) is 5.17. The van der Waals surface area contributed by atoms with Crippen LogP contribution in [0.3, 0.4) is 0 Å². The molecule has 0 aliphatic carbocycles. The van der Waals surface area contributed by atoms with E-state index in [1.54, 1.807) is 6.07 Å². The highest BCUT2D eigenvalue weighted by Gasteiger charge is 2.13. The fourth-order valence-corrected chi connectivity index (χ4v) is 1.48. The zero-order chi connectivity index (χ0) is 12.4. The summed E-state index contributed by atoms with van der Waals surface area (Å²) < 4.78 is 5.36. The summed E-state index contributed by atoms with van der Waals surface area (Å²) in [6.07, 6.45) is 0. The molecule has 5 nitrogen and oxygen atoms in total. The number of benzene rings is 1. The standard InChI is InChI=1S/C11H9ClN2O3/c1-6-4-10(14-13-6)17-9-5-7(12)2-3-8(9)11(15)16/h2-5H,1H3,(H,13,14)(H,15,16). The molecule has 0 spiro atoms. The molecule has 2 rings (SSSR count). The third-order valence-electron chi connectivity index (χ3n) is 2.07. The molecule has 1 aromatic heterocycles. The van der Waals surface area contributed by atoms with Gasteiger partial charge in [0.2, 0.25) is 5.88 Å². The van der Waals surface area contributed by atoms with E-state index in [9.17, 15) is 4.79 Å². The number of carboxylic acids is 1. The highest BCUT2D eigenvalue weighted by atomic mass is 35.5. The molecule has 0 amide bonds. The summed E-state index contributed by atoms with van der Waals surface area (Å²) in [7, 11) is 0. The average Bonchev–Trinajstić information content (AvgIpc) is 2.63. The van der Waals surface area contributed by atoms with Gasteiger partial charge in [-0.25, -0.2) is 4.79 Å². The van der Waals surface area contributed by atoms with Crippen molar-refractivity contribution in [2.45, 2.75) is 6.92 Å². The zero-order valence-electron chi connectivity index (χ0n) is 8.90. The summed E-state index contributed by atoms with van der Waals surface area (Å²) in [5.74, 6) is -0.618. The molecule has 2 N–H and O–H groups in total. The van der Waals surface area contributed by atoms with Crippen LogP contribution in [0.5, 0.6) is 11.6 Å². The second kappa shape index (κ2) is 4.47. The number of nitrogens with zero attached hydrogens (tertiary/aromatic N) is 1. The van der Waals surface area contributed by atoms with Crippen molar-refractivity contribution >= 4 is 17.6 Å². The summed E-state index contributed by atoms with van der Waals surface area (Å²) in [5.41, 5.74) is 0.856. The van der Waals surface area contributed by atoms with Crippen LogP contribution in [0.2, 0.25) is 5.02 Å². The van der Waals surface area contributed by atoms with E-state index in [0.717, 1.165) is 5.69 Å². The third-order valence-corrected chi connectivity index (χ3v) is 2.31. The van der Waals surface area contributed by atoms with Gasteiger partial charge in [-0.1, -0.05) is 11.6 Å². The zero-order valence-corrected chi connectivity index (χ0v) is 9.65. The first kappa shape index (κ1) is 11.5. The topological polar surface area (TPSA) is 75.2 Å². The minimum absolute atomic E-state index is 0.0371. The molecule has 2 aromatic rings. The van der Waals surface area contributed by atoms with Crippen molar-refractivity contribution in [3.63, 3.8) is 0 Å². The number of aromatic nitrogens is 2. The molecule has 0 aliphatic rings. The number of aryl methyl sites for hydroxylation is 1. The fraction of sp³-hybridized carbons (Fsp3) is 0.0909. The second-order valence-corrected chi connectivity index (χ2v) is 3.87. The minimum atomic E-state index is -1.08. The van der Waals surface area contributed by atoms with Crippen LogP contribution in [-0.2, 0) is 0 Å². The quantitative estimate of drug-likeness (QED) is 0.881. The van der Waals surface area contributed by atoms with Crippen LogP contribution in [0, 0.1) is 6.92 Å². The van der Waals surface area contributed by atoms with Crippen LogP contribution in [-0.4, -0.2) is 21.3 Å². The second-order valence-electron chi connectivity index (χ2n) is 3.44. The van der Waals surface area contributed by atoms with Crippen LogP contribution in [0.1, 0.15) is 16.1 Å². The maximum Gasteiger partial charge on any atom is 0.339 e. The van der Waals surface area contributed by atoms with Gasteiger partial charge < -0.3 is 9.84 Å². The summed E-state index contributed by atoms with van der Waals surface area (Å²) in [6, 6.07) is 5.98. The maximum atomic E-state index is 11.0. The van der Waals surface area contributed by atoms with Gasteiger partial charge in [0.15, 0.2) is 0 Å². The Bertz CT molecular complexity index is 566. The molecule has 0 fully saturated rings. The number of hydrogen-bond donors (Lipinski definition) is 2. The van der Waals surface area contributed by atoms with Gasteiger partial charge in [-0.3, -0.25) is 5.10 Å². The summed E-state index contributed by atoms with van der Waals surface area (Å²) in [5, 5.41) is 15.9. The number of H-pyrrole nitrogens is 1. The first-order chi connectivity index (χ1) is 8.06. The Hall–Kier alpha value is -2.01. The van der Waals surface area contributed by atoms with Gasteiger partial charge in [0.05, 0.1) is 0 Å². The predicted molar refractivity (Wildman–Crippen MR) is 61.8 cm³/mol. The Balaban J connectivity index is 2.37. The highest BCUT2D eigenvalue weighted by molar-refractivity contribution is 6.30. The Morgan fingerprint density at radius 2 is 2.24 bits per heavy atom. The lowest BCUT2D eigenvalue weighted by Crippen LogP contribution is -1.99. The Kier molecular flexibility index (Phi) is 3.01. The molecule has 0 saturated heterocycles. The van der Waals surface area contributed by atoms with Crippen molar-refractivity contribution in [1.82, 2.24) is 10.2 Å². The van der Waals surface area contributed by atoms with Crippen molar-refractivity contribution < 1.29 is 14.6 Å². The van der Waals surface area contributed by atoms with E-state index in [2.05, 4.69) is 10.2 Å². The van der Waals surface area contributed by atoms with Crippen molar-refractivity contribution in [2.75, 3.05) is 0 Å². The van der Waals surface area contributed by atoms with Crippen molar-refractivity contribution in [1.29, 1.82) is 0 Å². The van der Waals surface area contributed by atoms with Crippen LogP contribution in [0.15, 0.2) is 24.3 Å². The monoisotopic (exact) mass is 252 g/mol. The molecule has 0 unspecified atom stereocenters. The highest BCUT2D eigenvalue weighted by Crippen LogP contribution is 2.27. The molecule has 0 atom stereocenters. The number of rotatable bonds is 3. The molecular formula is C11H9ClN2O3. The van der Waals surface area contributed by atoms with Gasteiger partial charge in [0.25, 0.3) is 0 Å². The van der Waals surface area contributed by atoms with Crippen molar-refractivity contribution in [3.05, 3.63) is 40.5 Å². The van der Waals surface area contributed by atoms with Crippen LogP contribution in [0.4, 0.5) is 0 Å². The van der Waals surface area contributed by atoms with E-state index in [1.165, 1.54) is 18.2 Å². The van der Waals surface area contributed by atoms with E-state index >= 15 is 0 Å². The number of aromatic carboxylic acids is 1. The molecule has 6 heteroatoms. The molecule has 1 aromatic carbocycles. The molecule has 0 radical (unpaired) electrons. The Labute approximate surface area is 102 Å². The Morgan fingerprint density at radius 1 is 1.47 bits per heavy atom. The van der Waals surface area contributed by atoms with Gasteiger partial charge in [-0.2, -0.15) is 0 Å². The third kappa shape index (κ3) is 2.57. The lowest BCUT2D eigenvalue weighted by Gasteiger charge is -2.06. The fourth-order valence-electron chi connectivity index (χ4n) is 1.32. The predicted octanol–water partition coefficient (Wildman–Crippen LogP) is 2.86. The summed E-state index contributed by atoms with van der Waals surface area (Å²) in [4.78, 5) is 11.0. The Morgan fingerprint density at radius 3 is 2.82 bits per heavy atom. The normalized spacial score (nSPS) is 10.2. The van der Waals surface area contributed by atoms with E-state index in [1.807, 2.05) is 6.92 Å². The van der Waals surface area contributed by atoms with E-state index in [-0.39, 0.29) is 11.3 Å². The number of aromatic amines is 1. The smallest absolute Gasteiger partial charge is 0.339 e. The number of hydrogen-bond acceptors (Lipinski definition) is 3. The van der Waals surface area contributed by atoms with Crippen LogP contribution in [0.25, 0.3) is 0 Å². The number of halogens is 1. The van der Waals surface area contributed by atoms with Gasteiger partial charge >= 0.3 is 5.97 Å². The van der Waals surface area contributed by atoms with Crippen LogP contribution < -0.4 is 4.74 Å². The average molecular weight is 253 g/mol. The van der Waals surface area contributed by atoms with Gasteiger partial charge in [0, 0.05) is 22.8 Å². The molecular weight excluding hydrogens is 244 g/mol. The molecule has 0 saturated carbocycles. The molecule has 1 heterocycles. The molecule has 88 valence electrons. The molecule has 0 bridgehead atoms. The SMILES string of the molecule is Cc1cc(Oc2cc(Cl)ccc2C(=O)O)n[nH]1. The first-order valence-electron chi connectivity index (χ1n) is 4.79. The number of carboxylic acid groups (broad SMARTS) is 1. The van der Waals surface area contributed by atoms with Gasteiger partial charge in [-0.05, 0) is 19.1 Å². The number of ether oxygens (including phenoxy) is 1. The van der Waals surface area contributed by atoms with Gasteiger partial charge in [-0.15, -0.1) is 5.10 Å². The number of nitrogens with one attached hydrogen (secondary N) is 1. The van der Waals surface area contributed by atoms with E-state index in [4.69, 9.17) is 21.4 Å². The molecule has 17 heavy (non-hydrogen) atoms. The maximum absolute atomic E-state index is 11.0.